The van der Waals surface area contributed by atoms with E-state index in [2.05, 4.69) is 45.8 Å². The van der Waals surface area contributed by atoms with Crippen molar-refractivity contribution in [2.45, 2.75) is 45.9 Å². The van der Waals surface area contributed by atoms with Crippen LogP contribution in [0.4, 0.5) is 11.6 Å². The van der Waals surface area contributed by atoms with Crippen molar-refractivity contribution >= 4 is 22.7 Å². The van der Waals surface area contributed by atoms with Crippen molar-refractivity contribution in [1.82, 2.24) is 29.2 Å². The maximum absolute atomic E-state index is 13.2. The summed E-state index contributed by atoms with van der Waals surface area (Å²) in [5, 5.41) is 14.2. The highest BCUT2D eigenvalue weighted by Crippen LogP contribution is 2.25. The summed E-state index contributed by atoms with van der Waals surface area (Å²) in [6.45, 7) is 12.6. The molecule has 0 aliphatic carbocycles. The van der Waals surface area contributed by atoms with E-state index in [9.17, 15) is 9.90 Å². The third kappa shape index (κ3) is 4.43. The number of hydrogen-bond donors (Lipinski definition) is 2. The predicted octanol–water partition coefficient (Wildman–Crippen LogP) is 3.51. The van der Waals surface area contributed by atoms with Crippen LogP contribution in [-0.4, -0.2) is 47.4 Å². The molecule has 36 heavy (non-hydrogen) atoms. The molecule has 0 spiro atoms. The summed E-state index contributed by atoms with van der Waals surface area (Å²) in [5.41, 5.74) is 3.11. The molecule has 9 nitrogen and oxygen atoms in total. The molecule has 5 rings (SSSR count). The Hall–Kier alpha value is -3.82. The van der Waals surface area contributed by atoms with Crippen molar-refractivity contribution in [3.8, 4) is 5.82 Å². The molecule has 2 N–H and O–H groups in total. The number of pyridine rings is 1. The maximum Gasteiger partial charge on any atom is 0.278 e. The second-order valence-corrected chi connectivity index (χ2v) is 9.59. The molecule has 1 aromatic carbocycles. The van der Waals surface area contributed by atoms with Gasteiger partial charge in [-0.3, -0.25) is 9.69 Å². The molecule has 0 amide bonds. The highest BCUT2D eigenvalue weighted by atomic mass is 16.3. The van der Waals surface area contributed by atoms with Crippen LogP contribution in [0.1, 0.15) is 37.6 Å². The van der Waals surface area contributed by atoms with E-state index < -0.39 is 5.60 Å². The molecule has 186 valence electrons. The van der Waals surface area contributed by atoms with Crippen molar-refractivity contribution in [2.75, 3.05) is 18.4 Å². The molecule has 0 saturated heterocycles. The van der Waals surface area contributed by atoms with E-state index in [0.717, 1.165) is 31.7 Å². The quantitative estimate of drug-likeness (QED) is 0.386. The number of aromatic nitrogens is 5. The van der Waals surface area contributed by atoms with E-state index in [0.29, 0.717) is 28.5 Å². The van der Waals surface area contributed by atoms with Crippen LogP contribution in [0, 0.1) is 0 Å². The molecule has 4 heterocycles. The Morgan fingerprint density at radius 2 is 2.03 bits per heavy atom. The number of fused-ring (bicyclic) bond motifs is 2. The number of allylic oxidation sites excluding steroid dienone is 1. The summed E-state index contributed by atoms with van der Waals surface area (Å²) in [6, 6.07) is 11.7. The van der Waals surface area contributed by atoms with E-state index in [4.69, 9.17) is 4.98 Å². The number of nitrogens with zero attached hydrogens (tertiary/aromatic N) is 6. The van der Waals surface area contributed by atoms with Crippen LogP contribution in [0.2, 0.25) is 0 Å². The van der Waals surface area contributed by atoms with Gasteiger partial charge < -0.3 is 10.4 Å². The van der Waals surface area contributed by atoms with Gasteiger partial charge in [-0.1, -0.05) is 25.1 Å². The van der Waals surface area contributed by atoms with Crippen LogP contribution in [0.3, 0.4) is 0 Å². The van der Waals surface area contributed by atoms with Gasteiger partial charge in [0.15, 0.2) is 11.5 Å². The molecule has 1 aliphatic rings. The van der Waals surface area contributed by atoms with Crippen LogP contribution in [0.15, 0.2) is 60.0 Å². The number of hydrogen-bond acceptors (Lipinski definition) is 7. The van der Waals surface area contributed by atoms with Gasteiger partial charge in [0.25, 0.3) is 5.56 Å². The Morgan fingerprint density at radius 1 is 1.19 bits per heavy atom. The monoisotopic (exact) mass is 485 g/mol. The average Bonchev–Trinajstić information content (AvgIpc) is 3.14. The van der Waals surface area contributed by atoms with Crippen molar-refractivity contribution in [1.29, 1.82) is 0 Å². The molecule has 0 radical (unpaired) electrons. The van der Waals surface area contributed by atoms with Crippen LogP contribution < -0.4 is 10.9 Å². The summed E-state index contributed by atoms with van der Waals surface area (Å²) >= 11 is 0. The number of rotatable bonds is 7. The number of anilines is 2. The topological polar surface area (TPSA) is 101 Å². The minimum absolute atomic E-state index is 0.236. The Morgan fingerprint density at radius 3 is 2.78 bits per heavy atom. The van der Waals surface area contributed by atoms with Crippen LogP contribution in [-0.2, 0) is 25.1 Å². The first-order chi connectivity index (χ1) is 17.3. The summed E-state index contributed by atoms with van der Waals surface area (Å²) in [7, 11) is 0. The Bertz CT molecular complexity index is 1500. The first-order valence-corrected chi connectivity index (χ1v) is 12.2. The third-order valence-electron chi connectivity index (χ3n) is 6.56. The highest BCUT2D eigenvalue weighted by molar-refractivity contribution is 5.77. The van der Waals surface area contributed by atoms with Crippen molar-refractivity contribution in [3.05, 3.63) is 82.4 Å². The van der Waals surface area contributed by atoms with Crippen LogP contribution in [0.5, 0.6) is 0 Å². The normalized spacial score (nSPS) is 14.1. The number of likely N-dealkylation sites (N-methyl/N-ethyl adjacent to an activating group) is 1. The minimum Gasteiger partial charge on any atom is -0.384 e. The zero-order chi connectivity index (χ0) is 25.4. The van der Waals surface area contributed by atoms with Crippen LogP contribution in [0.25, 0.3) is 16.9 Å². The molecule has 0 bridgehead atoms. The predicted molar refractivity (Wildman–Crippen MR) is 141 cm³/mol. The zero-order valence-electron chi connectivity index (χ0n) is 20.9. The number of nitrogens with one attached hydrogen (secondary N) is 1. The first-order valence-electron chi connectivity index (χ1n) is 12.2. The van der Waals surface area contributed by atoms with Gasteiger partial charge in [-0.25, -0.2) is 19.3 Å². The average molecular weight is 486 g/mol. The lowest BCUT2D eigenvalue weighted by atomic mass is 9.99. The standard InChI is InChI=1S/C27H31N7O2/c1-5-13-33-25(35)21-16-28-26(29-20-11-10-18-12-14-32(6-2)17-19(18)15-20)31-24(21)34(33)23-9-7-8-22(30-23)27(3,4)36/h5,7-11,15-16,36H,1,6,12-14,17H2,2-4H3,(H,28,29,31). The van der Waals surface area contributed by atoms with Gasteiger partial charge in [0, 0.05) is 25.0 Å². The minimum atomic E-state index is -1.13. The summed E-state index contributed by atoms with van der Waals surface area (Å²) in [4.78, 5) is 29.4. The lowest BCUT2D eigenvalue weighted by Gasteiger charge is -2.27. The number of aliphatic hydroxyl groups is 1. The van der Waals surface area contributed by atoms with Gasteiger partial charge in [-0.15, -0.1) is 6.58 Å². The second kappa shape index (κ2) is 9.33. The SMILES string of the molecule is C=CCn1c(=O)c2cnc(Nc3ccc4c(c3)CN(CC)CC4)nc2n1-c1cccc(C(C)(C)O)n1. The molecular formula is C27H31N7O2. The van der Waals surface area contributed by atoms with Gasteiger partial charge in [-0.2, -0.15) is 4.98 Å². The van der Waals surface area contributed by atoms with E-state index in [1.165, 1.54) is 15.8 Å². The van der Waals surface area contributed by atoms with E-state index in [1.54, 1.807) is 49.0 Å². The molecule has 3 aromatic heterocycles. The summed E-state index contributed by atoms with van der Waals surface area (Å²) < 4.78 is 3.18. The van der Waals surface area contributed by atoms with Crippen molar-refractivity contribution < 1.29 is 5.11 Å². The van der Waals surface area contributed by atoms with E-state index in [1.807, 2.05) is 6.07 Å². The van der Waals surface area contributed by atoms with Gasteiger partial charge in [-0.05, 0) is 62.2 Å². The Balaban J connectivity index is 1.58. The van der Waals surface area contributed by atoms with Crippen molar-refractivity contribution in [2.24, 2.45) is 0 Å². The zero-order valence-corrected chi connectivity index (χ0v) is 20.9. The molecule has 1 aliphatic heterocycles. The summed E-state index contributed by atoms with van der Waals surface area (Å²) in [6.07, 6.45) is 4.24. The highest BCUT2D eigenvalue weighted by Gasteiger charge is 2.22. The fraction of sp³-hybridized carbons (Fsp3) is 0.333. The molecule has 0 atom stereocenters. The van der Waals surface area contributed by atoms with Gasteiger partial charge >= 0.3 is 0 Å². The first kappa shape index (κ1) is 23.9. The van der Waals surface area contributed by atoms with Gasteiger partial charge in [0.1, 0.15) is 11.0 Å². The fourth-order valence-electron chi connectivity index (χ4n) is 4.58. The van der Waals surface area contributed by atoms with Crippen molar-refractivity contribution in [3.63, 3.8) is 0 Å². The molecule has 0 saturated carbocycles. The lowest BCUT2D eigenvalue weighted by molar-refractivity contribution is 0.0738. The van der Waals surface area contributed by atoms with Crippen LogP contribution >= 0.6 is 0 Å². The smallest absolute Gasteiger partial charge is 0.278 e. The number of benzene rings is 1. The second-order valence-electron chi connectivity index (χ2n) is 9.59. The maximum atomic E-state index is 13.2. The Kier molecular flexibility index (Phi) is 6.19. The molecule has 0 unspecified atom stereocenters. The van der Waals surface area contributed by atoms with E-state index >= 15 is 0 Å². The van der Waals surface area contributed by atoms with Gasteiger partial charge in [0.05, 0.1) is 12.2 Å². The molecule has 4 aromatic rings. The summed E-state index contributed by atoms with van der Waals surface area (Å²) in [5.74, 6) is 0.857. The molecule has 0 fully saturated rings. The molecular weight excluding hydrogens is 454 g/mol. The fourth-order valence-corrected chi connectivity index (χ4v) is 4.58. The van der Waals surface area contributed by atoms with Gasteiger partial charge in [0.2, 0.25) is 5.95 Å². The third-order valence-corrected chi connectivity index (χ3v) is 6.56. The van der Waals surface area contributed by atoms with E-state index in [-0.39, 0.29) is 12.1 Å². The Labute approximate surface area is 209 Å². The molecule has 9 heteroatoms. The largest absolute Gasteiger partial charge is 0.384 e. The lowest BCUT2D eigenvalue weighted by Crippen LogP contribution is -2.30.